The Morgan fingerprint density at radius 3 is 2.57 bits per heavy atom. The van der Waals surface area contributed by atoms with Crippen LogP contribution in [-0.4, -0.2) is 18.0 Å². The Hall–Kier alpha value is -1.04. The number of nitrogens with one attached hydrogen (secondary N) is 2. The molecule has 4 N–H and O–H groups in total. The molecular weight excluding hydrogens is 340 g/mol. The highest BCUT2D eigenvalue weighted by molar-refractivity contribution is 5.94. The maximum Gasteiger partial charge on any atom is 0.224 e. The van der Waals surface area contributed by atoms with Crippen LogP contribution in [0.2, 0.25) is 0 Å². The minimum absolute atomic E-state index is 0. The fraction of sp³-hybridized carbons (Fsp3) is 0.562. The van der Waals surface area contributed by atoms with Crippen LogP contribution in [0.1, 0.15) is 39.5 Å². The minimum atomic E-state index is -0.364. The van der Waals surface area contributed by atoms with Crippen molar-refractivity contribution in [2.45, 2.75) is 51.6 Å². The molecule has 2 rings (SSSR count). The van der Waals surface area contributed by atoms with Gasteiger partial charge in [-0.15, -0.1) is 24.8 Å². The van der Waals surface area contributed by atoms with E-state index in [4.69, 9.17) is 5.73 Å². The molecule has 0 spiro atoms. The van der Waals surface area contributed by atoms with E-state index in [0.717, 1.165) is 24.9 Å². The molecule has 1 fully saturated rings. The standard InChI is InChI=1S/C16H24FN3O.2ClH/c1-10(2)19-14-7-6-12(17)9-15(14)20-16(21)8-11-4-3-5-13(11)18;;/h6-7,9-11,13,19H,3-5,8,18H2,1-2H3,(H,20,21);2*1H/t11-,13+;;/m0../s1. The number of halogens is 3. The largest absolute Gasteiger partial charge is 0.381 e. The first kappa shape index (κ1) is 22.0. The fourth-order valence-electron chi connectivity index (χ4n) is 2.82. The van der Waals surface area contributed by atoms with Gasteiger partial charge in [0.1, 0.15) is 5.82 Å². The summed E-state index contributed by atoms with van der Waals surface area (Å²) in [5, 5.41) is 6.01. The molecule has 1 amide bonds. The molecule has 7 heteroatoms. The molecule has 0 aliphatic heterocycles. The van der Waals surface area contributed by atoms with Crippen LogP contribution in [0.15, 0.2) is 18.2 Å². The molecule has 0 bridgehead atoms. The molecule has 2 atom stereocenters. The molecule has 0 unspecified atom stereocenters. The van der Waals surface area contributed by atoms with Gasteiger partial charge in [0.15, 0.2) is 0 Å². The molecule has 0 heterocycles. The van der Waals surface area contributed by atoms with E-state index < -0.39 is 0 Å². The first-order valence-electron chi connectivity index (χ1n) is 7.57. The highest BCUT2D eigenvalue weighted by Crippen LogP contribution is 2.28. The van der Waals surface area contributed by atoms with Gasteiger partial charge in [-0.3, -0.25) is 4.79 Å². The van der Waals surface area contributed by atoms with Gasteiger partial charge in [-0.25, -0.2) is 4.39 Å². The van der Waals surface area contributed by atoms with Crippen molar-refractivity contribution in [3.63, 3.8) is 0 Å². The first-order chi connectivity index (χ1) is 9.95. The molecule has 1 aliphatic carbocycles. The van der Waals surface area contributed by atoms with E-state index in [1.165, 1.54) is 12.1 Å². The number of hydrogen-bond donors (Lipinski definition) is 3. The van der Waals surface area contributed by atoms with Crippen LogP contribution < -0.4 is 16.4 Å². The van der Waals surface area contributed by atoms with Crippen LogP contribution in [0.4, 0.5) is 15.8 Å². The van der Waals surface area contributed by atoms with Crippen molar-refractivity contribution in [1.29, 1.82) is 0 Å². The number of benzene rings is 1. The fourth-order valence-corrected chi connectivity index (χ4v) is 2.82. The molecule has 0 saturated heterocycles. The second kappa shape index (κ2) is 9.96. The van der Waals surface area contributed by atoms with Crippen molar-refractivity contribution in [2.24, 2.45) is 11.7 Å². The highest BCUT2D eigenvalue weighted by atomic mass is 35.5. The van der Waals surface area contributed by atoms with E-state index >= 15 is 0 Å². The third kappa shape index (κ3) is 6.53. The SMILES string of the molecule is CC(C)Nc1ccc(F)cc1NC(=O)C[C@@H]1CCC[C@H]1N.Cl.Cl. The summed E-state index contributed by atoms with van der Waals surface area (Å²) in [6.45, 7) is 3.99. The summed E-state index contributed by atoms with van der Waals surface area (Å²) in [6, 6.07) is 4.68. The van der Waals surface area contributed by atoms with Gasteiger partial charge in [0.05, 0.1) is 11.4 Å². The smallest absolute Gasteiger partial charge is 0.224 e. The maximum absolute atomic E-state index is 13.4. The molecule has 1 aliphatic rings. The number of rotatable bonds is 5. The van der Waals surface area contributed by atoms with E-state index in [0.29, 0.717) is 12.1 Å². The topological polar surface area (TPSA) is 67.1 Å². The van der Waals surface area contributed by atoms with Gasteiger partial charge in [0, 0.05) is 18.5 Å². The average molecular weight is 366 g/mol. The van der Waals surface area contributed by atoms with Crippen LogP contribution in [0.3, 0.4) is 0 Å². The summed E-state index contributed by atoms with van der Waals surface area (Å²) in [4.78, 5) is 12.1. The zero-order chi connectivity index (χ0) is 15.4. The van der Waals surface area contributed by atoms with Gasteiger partial charge in [0.25, 0.3) is 0 Å². The van der Waals surface area contributed by atoms with Crippen LogP contribution >= 0.6 is 24.8 Å². The lowest BCUT2D eigenvalue weighted by molar-refractivity contribution is -0.117. The summed E-state index contributed by atoms with van der Waals surface area (Å²) in [6.07, 6.45) is 3.46. The normalized spacial score (nSPS) is 19.7. The van der Waals surface area contributed by atoms with Gasteiger partial charge in [-0.05, 0) is 50.8 Å². The maximum atomic E-state index is 13.4. The molecule has 1 aromatic rings. The predicted molar refractivity (Wildman–Crippen MR) is 98.2 cm³/mol. The third-order valence-electron chi connectivity index (χ3n) is 3.87. The van der Waals surface area contributed by atoms with Crippen molar-refractivity contribution < 1.29 is 9.18 Å². The van der Waals surface area contributed by atoms with E-state index in [2.05, 4.69) is 10.6 Å². The summed E-state index contributed by atoms with van der Waals surface area (Å²) < 4.78 is 13.4. The summed E-state index contributed by atoms with van der Waals surface area (Å²) in [5.74, 6) is -0.230. The number of carbonyl (C=O) groups excluding carboxylic acids is 1. The molecule has 1 saturated carbocycles. The van der Waals surface area contributed by atoms with Crippen LogP contribution in [-0.2, 0) is 4.79 Å². The number of anilines is 2. The van der Waals surface area contributed by atoms with Gasteiger partial charge >= 0.3 is 0 Å². The number of hydrogen-bond acceptors (Lipinski definition) is 3. The van der Waals surface area contributed by atoms with Crippen LogP contribution in [0.25, 0.3) is 0 Å². The number of amides is 1. The molecule has 23 heavy (non-hydrogen) atoms. The minimum Gasteiger partial charge on any atom is -0.381 e. The average Bonchev–Trinajstić information content (AvgIpc) is 2.78. The third-order valence-corrected chi connectivity index (χ3v) is 3.87. The van der Waals surface area contributed by atoms with Crippen molar-refractivity contribution in [3.05, 3.63) is 24.0 Å². The predicted octanol–water partition coefficient (Wildman–Crippen LogP) is 3.95. The molecule has 0 radical (unpaired) electrons. The zero-order valence-electron chi connectivity index (χ0n) is 13.5. The number of carbonyl (C=O) groups is 1. The second-order valence-electron chi connectivity index (χ2n) is 6.10. The van der Waals surface area contributed by atoms with Crippen molar-refractivity contribution in [3.8, 4) is 0 Å². The van der Waals surface area contributed by atoms with Crippen molar-refractivity contribution >= 4 is 42.1 Å². The second-order valence-corrected chi connectivity index (χ2v) is 6.10. The van der Waals surface area contributed by atoms with E-state index in [-0.39, 0.29) is 54.5 Å². The Morgan fingerprint density at radius 1 is 1.30 bits per heavy atom. The monoisotopic (exact) mass is 365 g/mol. The van der Waals surface area contributed by atoms with Gasteiger partial charge < -0.3 is 16.4 Å². The summed E-state index contributed by atoms with van der Waals surface area (Å²) >= 11 is 0. The first-order valence-corrected chi connectivity index (χ1v) is 7.57. The lowest BCUT2D eigenvalue weighted by Gasteiger charge is -2.18. The van der Waals surface area contributed by atoms with E-state index in [1.807, 2.05) is 13.8 Å². The quantitative estimate of drug-likeness (QED) is 0.739. The molecule has 0 aromatic heterocycles. The van der Waals surface area contributed by atoms with E-state index in [1.54, 1.807) is 6.07 Å². The van der Waals surface area contributed by atoms with E-state index in [9.17, 15) is 9.18 Å². The molecule has 132 valence electrons. The molecule has 4 nitrogen and oxygen atoms in total. The summed E-state index contributed by atoms with van der Waals surface area (Å²) in [5.41, 5.74) is 7.21. The van der Waals surface area contributed by atoms with Crippen LogP contribution in [0.5, 0.6) is 0 Å². The Labute approximate surface area is 149 Å². The lowest BCUT2D eigenvalue weighted by atomic mass is 10.00. The van der Waals surface area contributed by atoms with Gasteiger partial charge in [-0.2, -0.15) is 0 Å². The Balaban J connectivity index is 0.00000242. The van der Waals surface area contributed by atoms with Gasteiger partial charge in [-0.1, -0.05) is 6.42 Å². The van der Waals surface area contributed by atoms with Crippen molar-refractivity contribution in [1.82, 2.24) is 0 Å². The Bertz CT molecular complexity index is 514. The van der Waals surface area contributed by atoms with Crippen molar-refractivity contribution in [2.75, 3.05) is 10.6 Å². The molecular formula is C16H26Cl2FN3O. The molecule has 1 aromatic carbocycles. The zero-order valence-corrected chi connectivity index (χ0v) is 15.1. The Kier molecular flexibility index (Phi) is 9.51. The highest BCUT2D eigenvalue weighted by Gasteiger charge is 2.26. The summed E-state index contributed by atoms with van der Waals surface area (Å²) in [7, 11) is 0. The van der Waals surface area contributed by atoms with Crippen LogP contribution in [0, 0.1) is 11.7 Å². The van der Waals surface area contributed by atoms with Gasteiger partial charge in [0.2, 0.25) is 5.91 Å². The Morgan fingerprint density at radius 2 is 2.00 bits per heavy atom. The number of nitrogens with two attached hydrogens (primary N) is 1. The lowest BCUT2D eigenvalue weighted by Crippen LogP contribution is -2.28.